The van der Waals surface area contributed by atoms with E-state index in [-0.39, 0.29) is 12.5 Å². The van der Waals surface area contributed by atoms with E-state index in [9.17, 15) is 4.79 Å². The Kier molecular flexibility index (Phi) is 5.56. The molecule has 0 spiro atoms. The van der Waals surface area contributed by atoms with Gasteiger partial charge in [-0.2, -0.15) is 0 Å². The molecule has 29 heavy (non-hydrogen) atoms. The summed E-state index contributed by atoms with van der Waals surface area (Å²) >= 11 is 9.50. The summed E-state index contributed by atoms with van der Waals surface area (Å²) in [5.74, 6) is 0.830. The first-order valence-electron chi connectivity index (χ1n) is 8.84. The van der Waals surface area contributed by atoms with Gasteiger partial charge in [0.25, 0.3) is 5.91 Å². The molecule has 0 saturated carbocycles. The van der Waals surface area contributed by atoms with Crippen LogP contribution in [-0.4, -0.2) is 17.5 Å². The molecule has 0 atom stereocenters. The Labute approximate surface area is 180 Å². The van der Waals surface area contributed by atoms with Crippen molar-refractivity contribution in [1.29, 1.82) is 0 Å². The van der Waals surface area contributed by atoms with Crippen LogP contribution < -0.4 is 10.1 Å². The fraction of sp³-hybridized carbons (Fsp3) is 0.0909. The number of nitrogens with zero attached hydrogens (tertiary/aromatic N) is 1. The van der Waals surface area contributed by atoms with E-state index in [1.54, 1.807) is 36.4 Å². The Morgan fingerprint density at radius 3 is 2.79 bits per heavy atom. The highest BCUT2D eigenvalue weighted by molar-refractivity contribution is 9.10. The lowest BCUT2D eigenvalue weighted by molar-refractivity contribution is -0.118. The lowest BCUT2D eigenvalue weighted by atomic mass is 10.2. The zero-order chi connectivity index (χ0) is 20.4. The van der Waals surface area contributed by atoms with Gasteiger partial charge in [0.2, 0.25) is 5.89 Å². The Bertz CT molecular complexity index is 1210. The van der Waals surface area contributed by atoms with Crippen LogP contribution in [0.1, 0.15) is 5.56 Å². The molecule has 7 heteroatoms. The van der Waals surface area contributed by atoms with Crippen molar-refractivity contribution in [3.05, 3.63) is 75.7 Å². The third-order valence-corrected chi connectivity index (χ3v) is 5.39. The van der Waals surface area contributed by atoms with Gasteiger partial charge in [-0.3, -0.25) is 4.79 Å². The van der Waals surface area contributed by atoms with Gasteiger partial charge in [-0.05, 0) is 76.9 Å². The molecule has 4 aromatic rings. The van der Waals surface area contributed by atoms with Crippen LogP contribution >= 0.6 is 27.5 Å². The number of benzene rings is 3. The molecule has 5 nitrogen and oxygen atoms in total. The van der Waals surface area contributed by atoms with E-state index in [0.29, 0.717) is 33.4 Å². The van der Waals surface area contributed by atoms with Crippen molar-refractivity contribution in [2.24, 2.45) is 0 Å². The second kappa shape index (κ2) is 8.27. The van der Waals surface area contributed by atoms with Crippen molar-refractivity contribution in [3.63, 3.8) is 0 Å². The number of fused-ring (bicyclic) bond motifs is 1. The highest BCUT2D eigenvalue weighted by atomic mass is 79.9. The highest BCUT2D eigenvalue weighted by Gasteiger charge is 2.12. The molecule has 0 saturated heterocycles. The summed E-state index contributed by atoms with van der Waals surface area (Å²) in [5.41, 5.74) is 3.66. The lowest BCUT2D eigenvalue weighted by Gasteiger charge is -2.08. The lowest BCUT2D eigenvalue weighted by Crippen LogP contribution is -2.20. The van der Waals surface area contributed by atoms with Crippen LogP contribution in [0.3, 0.4) is 0 Å². The number of aromatic nitrogens is 1. The number of hydrogen-bond donors (Lipinski definition) is 1. The Morgan fingerprint density at radius 2 is 2.00 bits per heavy atom. The summed E-state index contributed by atoms with van der Waals surface area (Å²) < 4.78 is 12.3. The van der Waals surface area contributed by atoms with Gasteiger partial charge < -0.3 is 14.5 Å². The highest BCUT2D eigenvalue weighted by Crippen LogP contribution is 2.31. The van der Waals surface area contributed by atoms with Crippen molar-refractivity contribution in [3.8, 4) is 17.2 Å². The van der Waals surface area contributed by atoms with Gasteiger partial charge in [0.1, 0.15) is 11.3 Å². The van der Waals surface area contributed by atoms with E-state index in [2.05, 4.69) is 26.2 Å². The molecule has 146 valence electrons. The first kappa shape index (κ1) is 19.5. The Hall–Kier alpha value is -2.83. The van der Waals surface area contributed by atoms with Crippen molar-refractivity contribution in [2.45, 2.75) is 6.92 Å². The maximum absolute atomic E-state index is 12.2. The fourth-order valence-corrected chi connectivity index (χ4v) is 3.38. The molecule has 3 aromatic carbocycles. The molecule has 0 fully saturated rings. The molecular weight excluding hydrogens is 456 g/mol. The number of amides is 1. The summed E-state index contributed by atoms with van der Waals surface area (Å²) in [6.45, 7) is 1.77. The van der Waals surface area contributed by atoms with Gasteiger partial charge in [-0.25, -0.2) is 4.98 Å². The van der Waals surface area contributed by atoms with E-state index < -0.39 is 0 Å². The summed E-state index contributed by atoms with van der Waals surface area (Å²) in [7, 11) is 0. The van der Waals surface area contributed by atoms with Gasteiger partial charge in [0.05, 0.1) is 5.56 Å². The molecule has 1 heterocycles. The minimum atomic E-state index is -0.272. The van der Waals surface area contributed by atoms with Crippen LogP contribution in [0.2, 0.25) is 5.02 Å². The molecular formula is C22H16BrClN2O3. The summed E-state index contributed by atoms with van der Waals surface area (Å²) in [6, 6.07) is 18.3. The predicted octanol–water partition coefficient (Wildman–Crippen LogP) is 6.24. The average molecular weight is 472 g/mol. The standard InChI is InChI=1S/C22H16BrClN2O3/c1-13-10-15(7-8-18(13)24)28-12-21(27)25-14-6-9-20-19(11-14)26-22(29-20)16-4-2-3-5-17(16)23/h2-11H,12H2,1H3,(H,25,27). The van der Waals surface area contributed by atoms with E-state index >= 15 is 0 Å². The minimum Gasteiger partial charge on any atom is -0.484 e. The molecule has 0 aliphatic heterocycles. The van der Waals surface area contributed by atoms with Crippen LogP contribution in [-0.2, 0) is 4.79 Å². The van der Waals surface area contributed by atoms with Crippen molar-refractivity contribution < 1.29 is 13.9 Å². The van der Waals surface area contributed by atoms with Crippen LogP contribution in [0, 0.1) is 6.92 Å². The number of anilines is 1. The first-order chi connectivity index (χ1) is 14.0. The van der Waals surface area contributed by atoms with Gasteiger partial charge in [0.15, 0.2) is 12.2 Å². The molecule has 1 aromatic heterocycles. The molecule has 0 bridgehead atoms. The fourth-order valence-electron chi connectivity index (χ4n) is 2.81. The molecule has 0 radical (unpaired) electrons. The number of halogens is 2. The number of carbonyl (C=O) groups is 1. The van der Waals surface area contributed by atoms with Crippen molar-refractivity contribution in [2.75, 3.05) is 11.9 Å². The van der Waals surface area contributed by atoms with Gasteiger partial charge in [-0.15, -0.1) is 0 Å². The number of rotatable bonds is 5. The number of oxazole rings is 1. The minimum absolute atomic E-state index is 0.111. The molecule has 0 unspecified atom stereocenters. The normalized spacial score (nSPS) is 10.9. The number of hydrogen-bond acceptors (Lipinski definition) is 4. The number of aryl methyl sites for hydroxylation is 1. The predicted molar refractivity (Wildman–Crippen MR) is 117 cm³/mol. The monoisotopic (exact) mass is 470 g/mol. The quantitative estimate of drug-likeness (QED) is 0.374. The van der Waals surface area contributed by atoms with Crippen LogP contribution in [0.4, 0.5) is 5.69 Å². The number of carbonyl (C=O) groups excluding carboxylic acids is 1. The molecule has 0 aliphatic carbocycles. The second-order valence-corrected chi connectivity index (χ2v) is 7.69. The van der Waals surface area contributed by atoms with Crippen molar-refractivity contribution in [1.82, 2.24) is 4.98 Å². The summed E-state index contributed by atoms with van der Waals surface area (Å²) in [5, 5.41) is 3.47. The van der Waals surface area contributed by atoms with Gasteiger partial charge in [0, 0.05) is 15.2 Å². The smallest absolute Gasteiger partial charge is 0.262 e. The number of ether oxygens (including phenoxy) is 1. The van der Waals surface area contributed by atoms with Crippen LogP contribution in [0.25, 0.3) is 22.6 Å². The first-order valence-corrected chi connectivity index (χ1v) is 10.0. The largest absolute Gasteiger partial charge is 0.484 e. The molecule has 0 aliphatic rings. The molecule has 4 rings (SSSR count). The third-order valence-electron chi connectivity index (χ3n) is 4.27. The van der Waals surface area contributed by atoms with Gasteiger partial charge in [-0.1, -0.05) is 23.7 Å². The maximum atomic E-state index is 12.2. The van der Waals surface area contributed by atoms with E-state index in [1.165, 1.54) is 0 Å². The second-order valence-electron chi connectivity index (χ2n) is 6.43. The third kappa shape index (κ3) is 4.44. The summed E-state index contributed by atoms with van der Waals surface area (Å²) in [6.07, 6.45) is 0. The maximum Gasteiger partial charge on any atom is 0.262 e. The van der Waals surface area contributed by atoms with E-state index in [0.717, 1.165) is 15.6 Å². The van der Waals surface area contributed by atoms with Crippen LogP contribution in [0.15, 0.2) is 69.6 Å². The van der Waals surface area contributed by atoms with E-state index in [4.69, 9.17) is 20.8 Å². The van der Waals surface area contributed by atoms with Crippen molar-refractivity contribution >= 4 is 50.2 Å². The topological polar surface area (TPSA) is 64.4 Å². The van der Waals surface area contributed by atoms with Gasteiger partial charge >= 0.3 is 0 Å². The zero-order valence-corrected chi connectivity index (χ0v) is 17.8. The Balaban J connectivity index is 1.46. The van der Waals surface area contributed by atoms with E-state index in [1.807, 2.05) is 31.2 Å². The Morgan fingerprint density at radius 1 is 1.17 bits per heavy atom. The number of nitrogens with one attached hydrogen (secondary N) is 1. The summed E-state index contributed by atoms with van der Waals surface area (Å²) in [4.78, 5) is 16.8. The molecule has 1 N–H and O–H groups in total. The average Bonchev–Trinajstić information content (AvgIpc) is 3.12. The molecule has 1 amide bonds. The van der Waals surface area contributed by atoms with Crippen LogP contribution in [0.5, 0.6) is 5.75 Å². The SMILES string of the molecule is Cc1cc(OCC(=O)Nc2ccc3oc(-c4ccccc4Br)nc3c2)ccc1Cl. The zero-order valence-electron chi connectivity index (χ0n) is 15.4.